The first-order valence-corrected chi connectivity index (χ1v) is 9.02. The Kier molecular flexibility index (Phi) is 4.86. The van der Waals surface area contributed by atoms with Crippen LogP contribution in [0.1, 0.15) is 22.4 Å². The number of rotatable bonds is 5. The maximum absolute atomic E-state index is 12.7. The van der Waals surface area contributed by atoms with E-state index in [1.807, 2.05) is 19.9 Å². The quantitative estimate of drug-likeness (QED) is 0.731. The Bertz CT molecular complexity index is 1050. The monoisotopic (exact) mass is 371 g/mol. The minimum Gasteiger partial charge on any atom is -0.496 e. The third-order valence-electron chi connectivity index (χ3n) is 3.96. The Balaban J connectivity index is 1.95. The number of imidazole rings is 1. The summed E-state index contributed by atoms with van der Waals surface area (Å²) in [6.07, 6.45) is 1.70. The van der Waals surface area contributed by atoms with E-state index in [0.29, 0.717) is 16.9 Å². The number of fused-ring (bicyclic) bond motifs is 1. The molecular formula is C17H17N5O3S. The van der Waals surface area contributed by atoms with Crippen molar-refractivity contribution in [2.75, 3.05) is 14.2 Å². The summed E-state index contributed by atoms with van der Waals surface area (Å²) in [5, 5.41) is 9.41. The summed E-state index contributed by atoms with van der Waals surface area (Å²) in [5.74, 6) is 1.11. The van der Waals surface area contributed by atoms with Crippen LogP contribution < -0.4 is 9.47 Å². The second-order valence-electron chi connectivity index (χ2n) is 5.61. The number of aromatic nitrogens is 4. The molecule has 134 valence electrons. The van der Waals surface area contributed by atoms with Gasteiger partial charge in [-0.25, -0.2) is 4.98 Å². The van der Waals surface area contributed by atoms with E-state index in [9.17, 15) is 4.21 Å². The van der Waals surface area contributed by atoms with E-state index in [0.717, 1.165) is 16.9 Å². The molecule has 0 aromatic carbocycles. The van der Waals surface area contributed by atoms with Gasteiger partial charge in [0.15, 0.2) is 10.8 Å². The van der Waals surface area contributed by atoms with Crippen LogP contribution in [0.3, 0.4) is 0 Å². The van der Waals surface area contributed by atoms with Gasteiger partial charge in [-0.1, -0.05) is 0 Å². The lowest BCUT2D eigenvalue weighted by molar-refractivity contribution is 0.398. The molecule has 0 saturated carbocycles. The van der Waals surface area contributed by atoms with Gasteiger partial charge in [0, 0.05) is 17.3 Å². The minimum absolute atomic E-state index is 0.185. The molecule has 8 nitrogen and oxygen atoms in total. The van der Waals surface area contributed by atoms with E-state index in [2.05, 4.69) is 19.9 Å². The van der Waals surface area contributed by atoms with Crippen LogP contribution in [0.2, 0.25) is 0 Å². The molecule has 0 amide bonds. The van der Waals surface area contributed by atoms with Crippen molar-refractivity contribution < 1.29 is 13.7 Å². The van der Waals surface area contributed by atoms with E-state index in [-0.39, 0.29) is 22.4 Å². The number of pyridine rings is 2. The summed E-state index contributed by atoms with van der Waals surface area (Å²) in [5.41, 5.74) is 3.59. The van der Waals surface area contributed by atoms with E-state index in [1.54, 1.807) is 19.4 Å². The SMILES string of the molecule is COc1nc2nc(S(=O)Cc3ncc(C)c(OC)c3C)[nH]c2cc1C#N. The maximum atomic E-state index is 12.7. The molecule has 0 aliphatic carbocycles. The lowest BCUT2D eigenvalue weighted by atomic mass is 10.1. The Morgan fingerprint density at radius 2 is 2.04 bits per heavy atom. The molecule has 3 heterocycles. The summed E-state index contributed by atoms with van der Waals surface area (Å²) in [7, 11) is 1.57. The second kappa shape index (κ2) is 7.09. The summed E-state index contributed by atoms with van der Waals surface area (Å²) >= 11 is 0. The van der Waals surface area contributed by atoms with Gasteiger partial charge >= 0.3 is 0 Å². The van der Waals surface area contributed by atoms with Crippen molar-refractivity contribution in [2.45, 2.75) is 24.8 Å². The van der Waals surface area contributed by atoms with Crippen molar-refractivity contribution in [1.29, 1.82) is 5.26 Å². The van der Waals surface area contributed by atoms with Crippen LogP contribution in [0.5, 0.6) is 11.6 Å². The molecule has 0 saturated heterocycles. The molecule has 26 heavy (non-hydrogen) atoms. The van der Waals surface area contributed by atoms with Crippen LogP contribution in [0.4, 0.5) is 0 Å². The molecule has 0 aliphatic heterocycles. The smallest absolute Gasteiger partial charge is 0.233 e. The molecule has 3 aromatic heterocycles. The predicted molar refractivity (Wildman–Crippen MR) is 95.5 cm³/mol. The van der Waals surface area contributed by atoms with E-state index >= 15 is 0 Å². The Labute approximate surface area is 152 Å². The fraction of sp³-hybridized carbons (Fsp3) is 0.294. The van der Waals surface area contributed by atoms with Crippen LogP contribution in [0.15, 0.2) is 17.4 Å². The highest BCUT2D eigenvalue weighted by Crippen LogP contribution is 2.26. The lowest BCUT2D eigenvalue weighted by Gasteiger charge is -2.11. The molecular weight excluding hydrogens is 354 g/mol. The topological polar surface area (TPSA) is 114 Å². The Morgan fingerprint density at radius 3 is 2.69 bits per heavy atom. The zero-order valence-corrected chi connectivity index (χ0v) is 15.6. The van der Waals surface area contributed by atoms with E-state index in [1.165, 1.54) is 7.11 Å². The van der Waals surface area contributed by atoms with Gasteiger partial charge in [-0.05, 0) is 19.9 Å². The Hall–Kier alpha value is -2.99. The normalized spacial score (nSPS) is 12.0. The summed E-state index contributed by atoms with van der Waals surface area (Å²) in [6, 6.07) is 3.58. The number of H-pyrrole nitrogens is 1. The van der Waals surface area contributed by atoms with Gasteiger partial charge in [-0.2, -0.15) is 10.2 Å². The van der Waals surface area contributed by atoms with Crippen LogP contribution in [0.25, 0.3) is 11.2 Å². The predicted octanol–water partition coefficient (Wildman–Crippen LogP) is 2.17. The zero-order valence-electron chi connectivity index (χ0n) is 14.8. The van der Waals surface area contributed by atoms with Crippen molar-refractivity contribution in [1.82, 2.24) is 19.9 Å². The first kappa shape index (κ1) is 17.8. The molecule has 0 spiro atoms. The third kappa shape index (κ3) is 3.11. The van der Waals surface area contributed by atoms with Gasteiger partial charge < -0.3 is 14.5 Å². The first-order valence-electron chi connectivity index (χ1n) is 7.70. The highest BCUT2D eigenvalue weighted by atomic mass is 32.2. The number of hydrogen-bond donors (Lipinski definition) is 1. The maximum Gasteiger partial charge on any atom is 0.233 e. The molecule has 0 aliphatic rings. The van der Waals surface area contributed by atoms with Gasteiger partial charge in [0.1, 0.15) is 17.4 Å². The van der Waals surface area contributed by atoms with Crippen molar-refractivity contribution in [2.24, 2.45) is 0 Å². The van der Waals surface area contributed by atoms with Crippen LogP contribution >= 0.6 is 0 Å². The van der Waals surface area contributed by atoms with Gasteiger partial charge in [-0.15, -0.1) is 0 Å². The molecule has 1 atom stereocenters. The lowest BCUT2D eigenvalue weighted by Crippen LogP contribution is -2.05. The molecule has 3 rings (SSSR count). The fourth-order valence-electron chi connectivity index (χ4n) is 2.66. The van der Waals surface area contributed by atoms with Crippen LogP contribution in [0, 0.1) is 25.2 Å². The molecule has 0 bridgehead atoms. The molecule has 3 aromatic rings. The fourth-order valence-corrected chi connectivity index (χ4v) is 3.74. The number of aromatic amines is 1. The van der Waals surface area contributed by atoms with Crippen molar-refractivity contribution in [3.05, 3.63) is 34.6 Å². The number of aryl methyl sites for hydroxylation is 1. The third-order valence-corrected chi connectivity index (χ3v) is 5.12. The molecule has 0 radical (unpaired) electrons. The van der Waals surface area contributed by atoms with Crippen molar-refractivity contribution in [3.8, 4) is 17.7 Å². The number of nitrogens with zero attached hydrogens (tertiary/aromatic N) is 4. The average molecular weight is 371 g/mol. The first-order chi connectivity index (χ1) is 12.5. The van der Waals surface area contributed by atoms with Crippen LogP contribution in [-0.2, 0) is 16.6 Å². The van der Waals surface area contributed by atoms with Crippen LogP contribution in [-0.4, -0.2) is 38.4 Å². The highest BCUT2D eigenvalue weighted by molar-refractivity contribution is 7.84. The van der Waals surface area contributed by atoms with E-state index < -0.39 is 10.8 Å². The van der Waals surface area contributed by atoms with Gasteiger partial charge in [0.25, 0.3) is 0 Å². The van der Waals surface area contributed by atoms with Gasteiger partial charge in [0.05, 0.1) is 42.0 Å². The van der Waals surface area contributed by atoms with Gasteiger partial charge in [0.2, 0.25) is 5.88 Å². The number of methoxy groups -OCH3 is 2. The molecule has 1 N–H and O–H groups in total. The second-order valence-corrected chi connectivity index (χ2v) is 6.97. The zero-order chi connectivity index (χ0) is 18.8. The van der Waals surface area contributed by atoms with Crippen molar-refractivity contribution in [3.63, 3.8) is 0 Å². The number of ether oxygens (including phenoxy) is 2. The standard InChI is InChI=1S/C17H17N5O3S/c1-9-7-19-13(10(2)14(9)24-3)8-26(23)17-20-12-5-11(6-18)16(25-4)21-15(12)22-17/h5,7H,8H2,1-4H3,(H,20,21,22). The number of hydrogen-bond acceptors (Lipinski definition) is 7. The number of nitrogens with one attached hydrogen (secondary N) is 1. The summed E-state index contributed by atoms with van der Waals surface area (Å²) in [4.78, 5) is 15.8. The molecule has 1 unspecified atom stereocenters. The van der Waals surface area contributed by atoms with E-state index in [4.69, 9.17) is 14.7 Å². The summed E-state index contributed by atoms with van der Waals surface area (Å²) in [6.45, 7) is 3.79. The molecule has 0 fully saturated rings. The average Bonchev–Trinajstić information content (AvgIpc) is 3.06. The largest absolute Gasteiger partial charge is 0.496 e. The number of nitriles is 1. The summed E-state index contributed by atoms with van der Waals surface area (Å²) < 4.78 is 23.2. The molecule has 9 heteroatoms. The minimum atomic E-state index is -1.46. The van der Waals surface area contributed by atoms with Crippen molar-refractivity contribution >= 4 is 22.0 Å². The highest BCUT2D eigenvalue weighted by Gasteiger charge is 2.17. The Morgan fingerprint density at radius 1 is 1.27 bits per heavy atom. The van der Waals surface area contributed by atoms with Gasteiger partial charge in [-0.3, -0.25) is 9.19 Å².